The molecule has 0 bridgehead atoms. The molecule has 17 heavy (non-hydrogen) atoms. The number of hydrogen-bond acceptors (Lipinski definition) is 2. The van der Waals surface area contributed by atoms with E-state index >= 15 is 0 Å². The summed E-state index contributed by atoms with van der Waals surface area (Å²) in [6.07, 6.45) is 0. The molecule has 0 saturated carbocycles. The molecular weight excluding hydrogens is 210 g/mol. The molecule has 0 heterocycles. The highest BCUT2D eigenvalue weighted by Gasteiger charge is 2.09. The van der Waals surface area contributed by atoms with Gasteiger partial charge < -0.3 is 10.4 Å². The third-order valence-corrected chi connectivity index (χ3v) is 2.74. The van der Waals surface area contributed by atoms with Crippen LogP contribution < -0.4 is 5.32 Å². The van der Waals surface area contributed by atoms with Gasteiger partial charge in [-0.25, -0.2) is 0 Å². The highest BCUT2D eigenvalue weighted by atomic mass is 16.3. The lowest BCUT2D eigenvalue weighted by atomic mass is 10.0. The largest absolute Gasteiger partial charge is 0.394 e. The predicted molar refractivity (Wildman–Crippen MR) is 71.1 cm³/mol. The van der Waals surface area contributed by atoms with E-state index in [4.69, 9.17) is 0 Å². The van der Waals surface area contributed by atoms with Crippen molar-refractivity contribution >= 4 is 5.69 Å². The Morgan fingerprint density at radius 3 is 2.47 bits per heavy atom. The Hall–Kier alpha value is -1.80. The average Bonchev–Trinajstić information content (AvgIpc) is 2.37. The third-order valence-electron chi connectivity index (χ3n) is 2.74. The zero-order chi connectivity index (χ0) is 12.1. The minimum atomic E-state index is -0.0581. The maximum Gasteiger partial charge on any atom is 0.0745 e. The fourth-order valence-corrected chi connectivity index (χ4v) is 1.86. The fraction of sp³-hybridized carbons (Fsp3) is 0.200. The van der Waals surface area contributed by atoms with Gasteiger partial charge in [-0.1, -0.05) is 48.0 Å². The molecule has 0 aliphatic heterocycles. The zero-order valence-electron chi connectivity index (χ0n) is 9.93. The van der Waals surface area contributed by atoms with Crippen molar-refractivity contribution < 1.29 is 5.11 Å². The number of hydrogen-bond donors (Lipinski definition) is 2. The van der Waals surface area contributed by atoms with E-state index in [2.05, 4.69) is 24.4 Å². The van der Waals surface area contributed by atoms with Gasteiger partial charge in [0, 0.05) is 5.69 Å². The van der Waals surface area contributed by atoms with Crippen LogP contribution in [0.2, 0.25) is 0 Å². The minimum absolute atomic E-state index is 0.0581. The van der Waals surface area contributed by atoms with Crippen LogP contribution >= 0.6 is 0 Å². The van der Waals surface area contributed by atoms with Gasteiger partial charge in [0.15, 0.2) is 0 Å². The molecule has 0 saturated heterocycles. The number of aliphatic hydroxyl groups excluding tert-OH is 1. The molecular formula is C15H17NO. The van der Waals surface area contributed by atoms with Crippen molar-refractivity contribution in [3.63, 3.8) is 0 Å². The van der Waals surface area contributed by atoms with E-state index in [1.165, 1.54) is 5.56 Å². The molecule has 2 nitrogen and oxygen atoms in total. The molecule has 2 aromatic carbocycles. The average molecular weight is 227 g/mol. The van der Waals surface area contributed by atoms with Crippen LogP contribution in [0.3, 0.4) is 0 Å². The third kappa shape index (κ3) is 3.08. The van der Waals surface area contributed by atoms with Crippen molar-refractivity contribution in [1.82, 2.24) is 0 Å². The van der Waals surface area contributed by atoms with Crippen molar-refractivity contribution in [3.05, 3.63) is 65.7 Å². The summed E-state index contributed by atoms with van der Waals surface area (Å²) >= 11 is 0. The predicted octanol–water partition coefficient (Wildman–Crippen LogP) is 3.14. The number of rotatable bonds is 4. The van der Waals surface area contributed by atoms with E-state index in [1.807, 2.05) is 42.5 Å². The molecule has 2 rings (SSSR count). The Morgan fingerprint density at radius 2 is 1.82 bits per heavy atom. The first kappa shape index (κ1) is 11.7. The maximum absolute atomic E-state index is 9.47. The molecule has 0 radical (unpaired) electrons. The van der Waals surface area contributed by atoms with Crippen molar-refractivity contribution in [2.24, 2.45) is 0 Å². The Bertz CT molecular complexity index is 467. The highest BCUT2D eigenvalue weighted by molar-refractivity contribution is 5.45. The van der Waals surface area contributed by atoms with Gasteiger partial charge in [-0.3, -0.25) is 0 Å². The van der Waals surface area contributed by atoms with Gasteiger partial charge in [0.05, 0.1) is 12.6 Å². The van der Waals surface area contributed by atoms with Crippen molar-refractivity contribution in [2.45, 2.75) is 13.0 Å². The molecule has 2 aromatic rings. The fourth-order valence-electron chi connectivity index (χ4n) is 1.86. The van der Waals surface area contributed by atoms with Crippen LogP contribution in [0.15, 0.2) is 54.6 Å². The van der Waals surface area contributed by atoms with Crippen LogP contribution in [0, 0.1) is 6.92 Å². The molecule has 2 N–H and O–H groups in total. The van der Waals surface area contributed by atoms with Gasteiger partial charge in [0.25, 0.3) is 0 Å². The molecule has 1 atom stereocenters. The Labute approximate surface area is 102 Å². The van der Waals surface area contributed by atoms with Gasteiger partial charge >= 0.3 is 0 Å². The molecule has 0 aliphatic carbocycles. The lowest BCUT2D eigenvalue weighted by molar-refractivity contribution is 0.276. The van der Waals surface area contributed by atoms with Gasteiger partial charge in [0.1, 0.15) is 0 Å². The molecule has 1 unspecified atom stereocenters. The lowest BCUT2D eigenvalue weighted by Gasteiger charge is -2.18. The molecule has 0 aromatic heterocycles. The maximum atomic E-state index is 9.47. The number of anilines is 1. The van der Waals surface area contributed by atoms with Crippen LogP contribution in [-0.2, 0) is 0 Å². The number of para-hydroxylation sites is 1. The summed E-state index contributed by atoms with van der Waals surface area (Å²) in [5, 5.41) is 12.8. The smallest absolute Gasteiger partial charge is 0.0745 e. The van der Waals surface area contributed by atoms with Crippen LogP contribution in [0.1, 0.15) is 17.2 Å². The molecule has 2 heteroatoms. The van der Waals surface area contributed by atoms with Crippen LogP contribution in [0.5, 0.6) is 0 Å². The van der Waals surface area contributed by atoms with E-state index in [-0.39, 0.29) is 12.6 Å². The second-order valence-electron chi connectivity index (χ2n) is 4.16. The Balaban J connectivity index is 2.17. The minimum Gasteiger partial charge on any atom is -0.394 e. The van der Waals surface area contributed by atoms with Gasteiger partial charge in [-0.05, 0) is 24.6 Å². The molecule has 0 amide bonds. The number of aliphatic hydroxyl groups is 1. The van der Waals surface area contributed by atoms with Gasteiger partial charge in [0.2, 0.25) is 0 Å². The second-order valence-corrected chi connectivity index (χ2v) is 4.16. The zero-order valence-corrected chi connectivity index (χ0v) is 9.93. The quantitative estimate of drug-likeness (QED) is 0.841. The number of nitrogens with one attached hydrogen (secondary N) is 1. The summed E-state index contributed by atoms with van der Waals surface area (Å²) in [6, 6.07) is 18.1. The van der Waals surface area contributed by atoms with E-state index in [0.717, 1.165) is 11.3 Å². The van der Waals surface area contributed by atoms with E-state index < -0.39 is 0 Å². The number of benzene rings is 2. The molecule has 0 aliphatic rings. The Morgan fingerprint density at radius 1 is 1.06 bits per heavy atom. The van der Waals surface area contributed by atoms with Crippen molar-refractivity contribution in [2.75, 3.05) is 11.9 Å². The molecule has 0 spiro atoms. The first-order chi connectivity index (χ1) is 8.29. The number of aryl methyl sites for hydroxylation is 1. The lowest BCUT2D eigenvalue weighted by Crippen LogP contribution is -2.14. The summed E-state index contributed by atoms with van der Waals surface area (Å²) in [7, 11) is 0. The van der Waals surface area contributed by atoms with Crippen LogP contribution in [-0.4, -0.2) is 11.7 Å². The van der Waals surface area contributed by atoms with Crippen molar-refractivity contribution in [3.8, 4) is 0 Å². The summed E-state index contributed by atoms with van der Waals surface area (Å²) in [5.74, 6) is 0. The molecule has 0 fully saturated rings. The SMILES string of the molecule is Cc1cccc(C(CO)Nc2ccccc2)c1. The highest BCUT2D eigenvalue weighted by Crippen LogP contribution is 2.19. The second kappa shape index (κ2) is 5.51. The summed E-state index contributed by atoms with van der Waals surface area (Å²) in [6.45, 7) is 2.14. The summed E-state index contributed by atoms with van der Waals surface area (Å²) in [5.41, 5.74) is 3.33. The van der Waals surface area contributed by atoms with Crippen LogP contribution in [0.25, 0.3) is 0 Å². The summed E-state index contributed by atoms with van der Waals surface area (Å²) < 4.78 is 0. The van der Waals surface area contributed by atoms with Gasteiger partial charge in [-0.15, -0.1) is 0 Å². The van der Waals surface area contributed by atoms with Crippen molar-refractivity contribution in [1.29, 1.82) is 0 Å². The van der Waals surface area contributed by atoms with E-state index in [9.17, 15) is 5.11 Å². The normalized spacial score (nSPS) is 12.1. The topological polar surface area (TPSA) is 32.3 Å². The Kier molecular flexibility index (Phi) is 3.78. The van der Waals surface area contributed by atoms with E-state index in [0.29, 0.717) is 0 Å². The summed E-state index contributed by atoms with van der Waals surface area (Å²) in [4.78, 5) is 0. The molecule has 88 valence electrons. The van der Waals surface area contributed by atoms with E-state index in [1.54, 1.807) is 0 Å². The first-order valence-electron chi connectivity index (χ1n) is 5.78. The first-order valence-corrected chi connectivity index (χ1v) is 5.78. The van der Waals surface area contributed by atoms with Crippen LogP contribution in [0.4, 0.5) is 5.69 Å². The monoisotopic (exact) mass is 227 g/mol. The van der Waals surface area contributed by atoms with Gasteiger partial charge in [-0.2, -0.15) is 0 Å². The standard InChI is InChI=1S/C15H17NO/c1-12-6-5-7-13(10-12)15(11-17)16-14-8-3-2-4-9-14/h2-10,15-17H,11H2,1H3.